The van der Waals surface area contributed by atoms with Crippen LogP contribution in [0, 0.1) is 0 Å². The van der Waals surface area contributed by atoms with Gasteiger partial charge >= 0.3 is 0 Å². The fraction of sp³-hybridized carbons (Fsp3) is 0.0806. The highest BCUT2D eigenvalue weighted by molar-refractivity contribution is 6.13. The maximum Gasteiger partial charge on any atom is 0.178 e. The first kappa shape index (κ1) is 38.3. The Kier molecular flexibility index (Phi) is 8.50. The summed E-state index contributed by atoms with van der Waals surface area (Å²) < 4.78 is 14.0. The van der Waals surface area contributed by atoms with E-state index in [0.717, 1.165) is 56.1 Å². The fourth-order valence-electron chi connectivity index (χ4n) is 11.2. The number of nitrogens with zero attached hydrogens (tertiary/aromatic N) is 1. The molecule has 0 amide bonds. The molecule has 9 aromatic rings. The van der Waals surface area contributed by atoms with Crippen LogP contribution >= 0.6 is 0 Å². The molecule has 0 saturated heterocycles. The van der Waals surface area contributed by atoms with Crippen molar-refractivity contribution in [1.29, 1.82) is 0 Å². The van der Waals surface area contributed by atoms with Gasteiger partial charge in [-0.25, -0.2) is 0 Å². The third kappa shape index (κ3) is 5.67. The lowest BCUT2D eigenvalue weighted by Gasteiger charge is -2.34. The van der Waals surface area contributed by atoms with Gasteiger partial charge in [-0.3, -0.25) is 4.99 Å². The molecule has 0 saturated carbocycles. The van der Waals surface area contributed by atoms with Crippen LogP contribution in [0.1, 0.15) is 70.1 Å². The Labute approximate surface area is 385 Å². The van der Waals surface area contributed by atoms with Crippen molar-refractivity contribution in [2.24, 2.45) is 4.99 Å². The molecule has 314 valence electrons. The number of hydrogen-bond acceptors (Lipinski definition) is 4. The minimum Gasteiger partial charge on any atom is -0.449 e. The lowest BCUT2D eigenvalue weighted by atomic mass is 9.68. The summed E-state index contributed by atoms with van der Waals surface area (Å²) in [7, 11) is 0. The first-order valence-corrected chi connectivity index (χ1v) is 22.8. The van der Waals surface area contributed by atoms with Crippen LogP contribution in [0.5, 0.6) is 23.0 Å². The van der Waals surface area contributed by atoms with Crippen molar-refractivity contribution >= 4 is 11.4 Å². The minimum atomic E-state index is -0.531. The molecule has 9 aromatic carbocycles. The molecule has 2 aliphatic carbocycles. The van der Waals surface area contributed by atoms with Gasteiger partial charge in [0.15, 0.2) is 23.0 Å². The molecule has 0 spiro atoms. The predicted octanol–water partition coefficient (Wildman–Crippen LogP) is 15.1. The normalized spacial score (nSPS) is 16.4. The summed E-state index contributed by atoms with van der Waals surface area (Å²) in [6.45, 7) is 4.66. The van der Waals surface area contributed by atoms with E-state index in [2.05, 4.69) is 231 Å². The number of rotatable bonds is 6. The van der Waals surface area contributed by atoms with Crippen molar-refractivity contribution in [3.8, 4) is 56.4 Å². The number of fused-ring (bicyclic) bond motifs is 9. The average Bonchev–Trinajstić information content (AvgIpc) is 3.82. The van der Waals surface area contributed by atoms with Gasteiger partial charge in [0.05, 0.1) is 11.1 Å². The van der Waals surface area contributed by atoms with Crippen LogP contribution in [-0.4, -0.2) is 5.71 Å². The monoisotopic (exact) mass is 848 g/mol. The van der Waals surface area contributed by atoms with Gasteiger partial charge in [-0.2, -0.15) is 0 Å². The number of nitrogens with one attached hydrogen (secondary N) is 1. The highest BCUT2D eigenvalue weighted by atomic mass is 16.6. The molecule has 4 heteroatoms. The van der Waals surface area contributed by atoms with E-state index in [0.29, 0.717) is 17.2 Å². The molecule has 4 nitrogen and oxygen atoms in total. The van der Waals surface area contributed by atoms with Crippen molar-refractivity contribution in [3.63, 3.8) is 0 Å². The average molecular weight is 849 g/mol. The van der Waals surface area contributed by atoms with Crippen LogP contribution in [0.2, 0.25) is 0 Å². The number of hydrogen-bond donors (Lipinski definition) is 1. The first-order valence-electron chi connectivity index (χ1n) is 22.8. The van der Waals surface area contributed by atoms with Crippen molar-refractivity contribution < 1.29 is 9.47 Å². The standard InChI is InChI=1S/C62H44N2O2/c1-61(2)49-26-14-12-23-46(49)47-34-33-42(37-52(47)61)54-38-53(40-17-6-3-7-18-40)63-60(64-54)41-31-29-39(30-32-41)45-25-16-28-55-58(45)65-56-36-35-51-57(59(56)66-55)48-24-13-15-27-50(48)62(51,43-19-8-4-9-20-43)44-21-10-5-11-22-44/h3-38,60,63H,1-2H3. The maximum atomic E-state index is 7.03. The van der Waals surface area contributed by atoms with Gasteiger partial charge in [0.2, 0.25) is 0 Å². The van der Waals surface area contributed by atoms with Crippen LogP contribution in [0.15, 0.2) is 223 Å². The van der Waals surface area contributed by atoms with Gasteiger partial charge in [-0.1, -0.05) is 208 Å². The van der Waals surface area contributed by atoms with Crippen LogP contribution < -0.4 is 14.8 Å². The van der Waals surface area contributed by atoms with Crippen LogP contribution in [0.3, 0.4) is 0 Å². The van der Waals surface area contributed by atoms with E-state index in [1.807, 2.05) is 6.07 Å². The highest BCUT2D eigenvalue weighted by Gasteiger charge is 2.48. The van der Waals surface area contributed by atoms with E-state index in [1.165, 1.54) is 44.5 Å². The smallest absolute Gasteiger partial charge is 0.178 e. The van der Waals surface area contributed by atoms with Gasteiger partial charge in [0, 0.05) is 27.8 Å². The molecule has 1 N–H and O–H groups in total. The zero-order valence-corrected chi connectivity index (χ0v) is 36.6. The van der Waals surface area contributed by atoms with Crippen molar-refractivity contribution in [3.05, 3.63) is 268 Å². The third-order valence-corrected chi connectivity index (χ3v) is 14.3. The van der Waals surface area contributed by atoms with Gasteiger partial charge in [-0.15, -0.1) is 0 Å². The molecule has 1 unspecified atom stereocenters. The second kappa shape index (κ2) is 14.7. The lowest BCUT2D eigenvalue weighted by molar-refractivity contribution is 0.361. The lowest BCUT2D eigenvalue weighted by Crippen LogP contribution is -2.28. The quantitative estimate of drug-likeness (QED) is 0.181. The molecular formula is C62H44N2O2. The molecule has 4 aliphatic rings. The third-order valence-electron chi connectivity index (χ3n) is 14.3. The second-order valence-electron chi connectivity index (χ2n) is 18.2. The van der Waals surface area contributed by atoms with Crippen molar-refractivity contribution in [2.45, 2.75) is 30.8 Å². The van der Waals surface area contributed by atoms with E-state index < -0.39 is 5.41 Å². The summed E-state index contributed by atoms with van der Waals surface area (Å²) in [6, 6.07) is 75.8. The number of ether oxygens (including phenoxy) is 2. The summed E-state index contributed by atoms with van der Waals surface area (Å²) in [5.74, 6) is 2.83. The molecule has 1 atom stereocenters. The highest BCUT2D eigenvalue weighted by Crippen LogP contribution is 2.63. The minimum absolute atomic E-state index is 0.105. The van der Waals surface area contributed by atoms with Crippen LogP contribution in [0.4, 0.5) is 0 Å². The molecule has 66 heavy (non-hydrogen) atoms. The topological polar surface area (TPSA) is 42.9 Å². The van der Waals surface area contributed by atoms with Crippen LogP contribution in [0.25, 0.3) is 39.1 Å². The molecule has 0 fully saturated rings. The number of benzene rings is 9. The summed E-state index contributed by atoms with van der Waals surface area (Å²) in [5.41, 5.74) is 19.0. The first-order chi connectivity index (χ1) is 32.5. The fourth-order valence-corrected chi connectivity index (χ4v) is 11.2. The van der Waals surface area contributed by atoms with E-state index >= 15 is 0 Å². The predicted molar refractivity (Wildman–Crippen MR) is 267 cm³/mol. The molecular weight excluding hydrogens is 805 g/mol. The molecule has 0 aromatic heterocycles. The largest absolute Gasteiger partial charge is 0.449 e. The summed E-state index contributed by atoms with van der Waals surface area (Å²) >= 11 is 0. The Bertz CT molecular complexity index is 3420. The Morgan fingerprint density at radius 3 is 1.77 bits per heavy atom. The maximum absolute atomic E-state index is 7.03. The van der Waals surface area contributed by atoms with Gasteiger partial charge in [0.1, 0.15) is 6.17 Å². The Morgan fingerprint density at radius 1 is 0.439 bits per heavy atom. The van der Waals surface area contributed by atoms with Gasteiger partial charge in [-0.05, 0) is 91.0 Å². The van der Waals surface area contributed by atoms with E-state index in [1.54, 1.807) is 0 Å². The molecule has 0 radical (unpaired) electrons. The van der Waals surface area contributed by atoms with Gasteiger partial charge < -0.3 is 14.8 Å². The van der Waals surface area contributed by atoms with E-state index in [4.69, 9.17) is 14.5 Å². The van der Waals surface area contributed by atoms with Crippen molar-refractivity contribution in [2.75, 3.05) is 0 Å². The molecule has 13 rings (SSSR count). The summed E-state index contributed by atoms with van der Waals surface area (Å²) in [6.07, 6.45) is 1.90. The van der Waals surface area contributed by atoms with Gasteiger partial charge in [0.25, 0.3) is 0 Å². The second-order valence-corrected chi connectivity index (χ2v) is 18.2. The summed E-state index contributed by atoms with van der Waals surface area (Å²) in [4.78, 5) is 5.40. The summed E-state index contributed by atoms with van der Waals surface area (Å²) in [5, 5.41) is 3.77. The van der Waals surface area contributed by atoms with E-state index in [-0.39, 0.29) is 11.6 Å². The Balaban J connectivity index is 0.857. The zero-order valence-electron chi connectivity index (χ0n) is 36.6. The molecule has 0 bridgehead atoms. The molecule has 2 aliphatic heterocycles. The number of allylic oxidation sites excluding steroid dienone is 1. The number of aliphatic imine (C=N–C) groups is 1. The SMILES string of the molecule is CC1(C)c2ccccc2-c2ccc(C3=NC(c4ccc(-c5cccc6c5Oc5ccc7c(c5O6)-c5ccccc5C7(c5ccccc5)c5ccccc5)cc4)NC(c4ccccc4)=C3)cc21. The Hall–Kier alpha value is -8.21. The van der Waals surface area contributed by atoms with E-state index in [9.17, 15) is 0 Å². The number of para-hydroxylation sites is 1. The molecule has 2 heterocycles. The Morgan fingerprint density at radius 2 is 1.03 bits per heavy atom. The zero-order chi connectivity index (χ0) is 44.0. The van der Waals surface area contributed by atoms with Crippen molar-refractivity contribution in [1.82, 2.24) is 5.32 Å². The van der Waals surface area contributed by atoms with Crippen LogP contribution in [-0.2, 0) is 10.8 Å².